The molecule has 82 valence electrons. The van der Waals surface area contributed by atoms with Gasteiger partial charge < -0.3 is 9.84 Å². The van der Waals surface area contributed by atoms with E-state index in [1.807, 2.05) is 24.3 Å². The smallest absolute Gasteiger partial charge is 0.0717 e. The Kier molecular flexibility index (Phi) is 4.08. The predicted octanol–water partition coefficient (Wildman–Crippen LogP) is 2.44. The summed E-state index contributed by atoms with van der Waals surface area (Å²) in [6.45, 7) is 1.67. The number of ether oxygens (including phenoxy) is 1. The molecule has 15 heavy (non-hydrogen) atoms. The fraction of sp³-hybridized carbons (Fsp3) is 0.455. The Labute approximate surface area is 102 Å². The molecule has 0 spiro atoms. The first kappa shape index (κ1) is 11.5. The third-order valence-electron chi connectivity index (χ3n) is 2.33. The minimum Gasteiger partial charge on any atom is -0.395 e. The molecule has 4 heteroatoms. The van der Waals surface area contributed by atoms with Gasteiger partial charge in [-0.05, 0) is 17.7 Å². The van der Waals surface area contributed by atoms with Crippen LogP contribution in [-0.4, -0.2) is 28.8 Å². The Morgan fingerprint density at radius 1 is 1.27 bits per heavy atom. The lowest BCUT2D eigenvalue weighted by atomic mass is 10.2. The summed E-state index contributed by atoms with van der Waals surface area (Å²) in [5.41, 5.74) is 1.18. The zero-order valence-corrected chi connectivity index (χ0v) is 10.6. The molecular formula is C11H13BrO2S. The molecule has 2 atom stereocenters. The number of aliphatic hydroxyl groups is 1. The first-order valence-electron chi connectivity index (χ1n) is 4.88. The quantitative estimate of drug-likeness (QED) is 0.844. The minimum atomic E-state index is 0.275. The Balaban J connectivity index is 1.68. The first-order chi connectivity index (χ1) is 7.29. The highest BCUT2D eigenvalue weighted by Gasteiger charge is 2.37. The average Bonchev–Trinajstić information content (AvgIpc) is 3.00. The molecule has 0 bridgehead atoms. The summed E-state index contributed by atoms with van der Waals surface area (Å²) in [6.07, 6.45) is 0. The predicted molar refractivity (Wildman–Crippen MR) is 66.1 cm³/mol. The summed E-state index contributed by atoms with van der Waals surface area (Å²) in [7, 11) is 0. The van der Waals surface area contributed by atoms with Gasteiger partial charge in [0.15, 0.2) is 0 Å². The monoisotopic (exact) mass is 288 g/mol. The molecule has 0 aromatic heterocycles. The number of halogens is 1. The lowest BCUT2D eigenvalue weighted by Gasteiger charge is -2.03. The molecule has 1 fully saturated rings. The molecule has 2 nitrogen and oxygen atoms in total. The van der Waals surface area contributed by atoms with Crippen LogP contribution in [0.5, 0.6) is 0 Å². The van der Waals surface area contributed by atoms with Crippen LogP contribution < -0.4 is 0 Å². The van der Waals surface area contributed by atoms with Crippen LogP contribution in [-0.2, 0) is 11.3 Å². The van der Waals surface area contributed by atoms with Gasteiger partial charge in [-0.3, -0.25) is 0 Å². The van der Waals surface area contributed by atoms with E-state index in [4.69, 9.17) is 9.84 Å². The maximum atomic E-state index is 8.84. The van der Waals surface area contributed by atoms with Crippen LogP contribution in [0.3, 0.4) is 0 Å². The number of hydrogen-bond acceptors (Lipinski definition) is 3. The summed E-state index contributed by atoms with van der Waals surface area (Å²) < 4.78 is 6.66. The molecule has 1 heterocycles. The van der Waals surface area contributed by atoms with Crippen molar-refractivity contribution in [2.75, 3.05) is 13.2 Å². The third-order valence-corrected chi connectivity index (χ3v) is 4.19. The second-order valence-electron chi connectivity index (χ2n) is 3.54. The zero-order chi connectivity index (χ0) is 10.7. The van der Waals surface area contributed by atoms with Crippen LogP contribution in [0.15, 0.2) is 28.7 Å². The molecule has 1 aromatic rings. The SMILES string of the molecule is OC[C@H]1S[C@@H]1COCc1ccc(Br)cc1. The van der Waals surface area contributed by atoms with Crippen LogP contribution in [0, 0.1) is 0 Å². The second kappa shape index (κ2) is 5.34. The molecule has 0 saturated carbocycles. The Bertz CT molecular complexity index is 315. The van der Waals surface area contributed by atoms with Crippen molar-refractivity contribution in [1.29, 1.82) is 0 Å². The van der Waals surface area contributed by atoms with E-state index in [-0.39, 0.29) is 6.61 Å². The van der Waals surface area contributed by atoms with Crippen LogP contribution in [0.1, 0.15) is 5.56 Å². The highest BCUT2D eigenvalue weighted by molar-refractivity contribution is 9.10. The fourth-order valence-electron chi connectivity index (χ4n) is 1.36. The minimum absolute atomic E-state index is 0.275. The zero-order valence-electron chi connectivity index (χ0n) is 8.23. The maximum absolute atomic E-state index is 8.84. The molecule has 1 saturated heterocycles. The lowest BCUT2D eigenvalue weighted by molar-refractivity contribution is 0.123. The van der Waals surface area contributed by atoms with Gasteiger partial charge in [0, 0.05) is 15.0 Å². The first-order valence-corrected chi connectivity index (χ1v) is 6.61. The summed E-state index contributed by atoms with van der Waals surface area (Å²) in [5.74, 6) is 0. The van der Waals surface area contributed by atoms with E-state index in [9.17, 15) is 0 Å². The van der Waals surface area contributed by atoms with E-state index in [1.54, 1.807) is 11.8 Å². The molecule has 1 aromatic carbocycles. The van der Waals surface area contributed by atoms with Crippen molar-refractivity contribution in [1.82, 2.24) is 0 Å². The molecule has 0 radical (unpaired) electrons. The summed E-state index contributed by atoms with van der Waals surface area (Å²) in [5, 5.41) is 9.76. The fourth-order valence-corrected chi connectivity index (χ4v) is 2.41. The maximum Gasteiger partial charge on any atom is 0.0717 e. The molecule has 1 aliphatic rings. The van der Waals surface area contributed by atoms with Crippen LogP contribution in [0.2, 0.25) is 0 Å². The van der Waals surface area contributed by atoms with Gasteiger partial charge in [0.25, 0.3) is 0 Å². The summed E-state index contributed by atoms with van der Waals surface area (Å²) in [6, 6.07) is 8.13. The number of hydrogen-bond donors (Lipinski definition) is 1. The Morgan fingerprint density at radius 2 is 2.00 bits per heavy atom. The van der Waals surface area contributed by atoms with E-state index in [2.05, 4.69) is 15.9 Å². The average molecular weight is 289 g/mol. The molecule has 2 rings (SSSR count). The molecule has 1 aliphatic heterocycles. The lowest BCUT2D eigenvalue weighted by Crippen LogP contribution is -2.07. The van der Waals surface area contributed by atoms with Gasteiger partial charge in [-0.1, -0.05) is 28.1 Å². The Morgan fingerprint density at radius 3 is 2.60 bits per heavy atom. The van der Waals surface area contributed by atoms with Gasteiger partial charge in [-0.25, -0.2) is 0 Å². The van der Waals surface area contributed by atoms with Crippen LogP contribution in [0.25, 0.3) is 0 Å². The van der Waals surface area contributed by atoms with Crippen LogP contribution >= 0.6 is 27.7 Å². The Hall–Kier alpha value is -0.0300. The van der Waals surface area contributed by atoms with Crippen molar-refractivity contribution in [3.63, 3.8) is 0 Å². The number of aliphatic hydroxyl groups excluding tert-OH is 1. The molecular weight excluding hydrogens is 276 g/mol. The van der Waals surface area contributed by atoms with Gasteiger partial charge in [0.05, 0.1) is 19.8 Å². The van der Waals surface area contributed by atoms with Gasteiger partial charge in [0.2, 0.25) is 0 Å². The normalized spacial score (nSPS) is 24.1. The topological polar surface area (TPSA) is 29.5 Å². The van der Waals surface area contributed by atoms with E-state index in [0.29, 0.717) is 17.1 Å². The van der Waals surface area contributed by atoms with Crippen molar-refractivity contribution in [2.24, 2.45) is 0 Å². The largest absolute Gasteiger partial charge is 0.395 e. The van der Waals surface area contributed by atoms with Crippen LogP contribution in [0.4, 0.5) is 0 Å². The molecule has 0 unspecified atom stereocenters. The van der Waals surface area contributed by atoms with Crippen molar-refractivity contribution in [3.8, 4) is 0 Å². The van der Waals surface area contributed by atoms with Gasteiger partial charge >= 0.3 is 0 Å². The molecule has 0 aliphatic carbocycles. The van der Waals surface area contributed by atoms with Crippen molar-refractivity contribution in [2.45, 2.75) is 17.1 Å². The standard InChI is InChI=1S/C11H13BrO2S/c12-9-3-1-8(2-4-9)6-14-7-11-10(5-13)15-11/h1-4,10-11,13H,5-7H2/t10-,11-/m1/s1. The molecule has 1 N–H and O–H groups in total. The van der Waals surface area contributed by atoms with Crippen molar-refractivity contribution in [3.05, 3.63) is 34.3 Å². The summed E-state index contributed by atoms with van der Waals surface area (Å²) >= 11 is 5.18. The van der Waals surface area contributed by atoms with E-state index in [1.165, 1.54) is 5.56 Å². The molecule has 0 amide bonds. The van der Waals surface area contributed by atoms with Gasteiger partial charge in [-0.2, -0.15) is 0 Å². The van der Waals surface area contributed by atoms with E-state index in [0.717, 1.165) is 11.1 Å². The highest BCUT2D eigenvalue weighted by atomic mass is 79.9. The van der Waals surface area contributed by atoms with E-state index < -0.39 is 0 Å². The van der Waals surface area contributed by atoms with Gasteiger partial charge in [0.1, 0.15) is 0 Å². The van der Waals surface area contributed by atoms with Crippen molar-refractivity contribution < 1.29 is 9.84 Å². The second-order valence-corrected chi connectivity index (χ2v) is 5.94. The van der Waals surface area contributed by atoms with Crippen molar-refractivity contribution >= 4 is 27.7 Å². The van der Waals surface area contributed by atoms with Gasteiger partial charge in [-0.15, -0.1) is 11.8 Å². The van der Waals surface area contributed by atoms with E-state index >= 15 is 0 Å². The highest BCUT2D eigenvalue weighted by Crippen LogP contribution is 2.40. The number of thioether (sulfide) groups is 1. The third kappa shape index (κ3) is 3.48. The summed E-state index contributed by atoms with van der Waals surface area (Å²) in [4.78, 5) is 0. The number of benzene rings is 1. The number of rotatable bonds is 5.